The molecule has 2 fully saturated rings. The molecule has 1 aliphatic carbocycles. The molecule has 0 spiro atoms. The van der Waals surface area contributed by atoms with Gasteiger partial charge in [-0.2, -0.15) is 0 Å². The molecule has 122 valence electrons. The van der Waals surface area contributed by atoms with Crippen LogP contribution in [0.3, 0.4) is 0 Å². The lowest BCUT2D eigenvalue weighted by Crippen LogP contribution is -2.51. The number of methoxy groups -OCH3 is 1. The summed E-state index contributed by atoms with van der Waals surface area (Å²) in [7, 11) is 3.81. The topological polar surface area (TPSA) is 47.7 Å². The van der Waals surface area contributed by atoms with Crippen molar-refractivity contribution in [2.75, 3.05) is 33.8 Å². The van der Waals surface area contributed by atoms with Crippen LogP contribution in [0, 0.1) is 0 Å². The Morgan fingerprint density at radius 2 is 2.00 bits per heavy atom. The van der Waals surface area contributed by atoms with E-state index in [0.717, 1.165) is 41.9 Å². The predicted octanol–water partition coefficient (Wildman–Crippen LogP) is 2.92. The maximum Gasteiger partial charge on any atom is 0.165 e. The molecule has 5 heteroatoms. The highest BCUT2D eigenvalue weighted by molar-refractivity contribution is 9.10. The molecule has 1 saturated heterocycles. The monoisotopic (exact) mass is 368 g/mol. The average Bonchev–Trinajstić information content (AvgIpc) is 2.96. The van der Waals surface area contributed by atoms with E-state index in [0.29, 0.717) is 6.54 Å². The lowest BCUT2D eigenvalue weighted by Gasteiger charge is -2.38. The first-order chi connectivity index (χ1) is 10.6. The Hall–Kier alpha value is -0.780. The van der Waals surface area contributed by atoms with Crippen molar-refractivity contribution >= 4 is 15.9 Å². The minimum Gasteiger partial charge on any atom is -0.493 e. The number of nitrogens with zero attached hydrogens (tertiary/aromatic N) is 1. The second-order valence-electron chi connectivity index (χ2n) is 6.64. The van der Waals surface area contributed by atoms with E-state index in [9.17, 15) is 0 Å². The van der Waals surface area contributed by atoms with Crippen LogP contribution in [0.15, 0.2) is 16.6 Å². The number of nitrogens with two attached hydrogens (primary N) is 1. The van der Waals surface area contributed by atoms with Gasteiger partial charge in [-0.25, -0.2) is 0 Å². The van der Waals surface area contributed by atoms with Crippen molar-refractivity contribution in [2.24, 2.45) is 5.73 Å². The molecule has 22 heavy (non-hydrogen) atoms. The van der Waals surface area contributed by atoms with Gasteiger partial charge in [-0.05, 0) is 32.0 Å². The standard InChI is InChI=1S/C17H25BrN2O2/c1-20-9-13(10-20)22-16-14(7-12(18)8-15(16)21-2)17(11-19)5-3-4-6-17/h7-8,13H,3-6,9-11,19H2,1-2H3. The van der Waals surface area contributed by atoms with E-state index in [-0.39, 0.29) is 11.5 Å². The molecule has 1 aliphatic heterocycles. The van der Waals surface area contributed by atoms with Crippen LogP contribution in [-0.2, 0) is 5.41 Å². The van der Waals surface area contributed by atoms with Crippen molar-refractivity contribution in [3.05, 3.63) is 22.2 Å². The average molecular weight is 369 g/mol. The molecule has 3 rings (SSSR count). The third-order valence-electron chi connectivity index (χ3n) is 5.08. The van der Waals surface area contributed by atoms with Crippen LogP contribution in [0.4, 0.5) is 0 Å². The molecule has 1 aromatic carbocycles. The largest absolute Gasteiger partial charge is 0.493 e. The van der Waals surface area contributed by atoms with Gasteiger partial charge in [0.15, 0.2) is 11.5 Å². The number of rotatable bonds is 5. The number of ether oxygens (including phenoxy) is 2. The normalized spacial score (nSPS) is 21.6. The van der Waals surface area contributed by atoms with Crippen molar-refractivity contribution < 1.29 is 9.47 Å². The molecule has 1 heterocycles. The van der Waals surface area contributed by atoms with Gasteiger partial charge in [0.2, 0.25) is 0 Å². The third kappa shape index (κ3) is 2.86. The van der Waals surface area contributed by atoms with Gasteiger partial charge in [-0.15, -0.1) is 0 Å². The number of likely N-dealkylation sites (tertiary alicyclic amines) is 1. The summed E-state index contributed by atoms with van der Waals surface area (Å²) in [5, 5.41) is 0. The zero-order valence-corrected chi connectivity index (χ0v) is 15.0. The third-order valence-corrected chi connectivity index (χ3v) is 5.54. The molecule has 1 aromatic rings. The first kappa shape index (κ1) is 16.1. The van der Waals surface area contributed by atoms with E-state index in [2.05, 4.69) is 33.9 Å². The highest BCUT2D eigenvalue weighted by Gasteiger charge is 2.39. The fourth-order valence-corrected chi connectivity index (χ4v) is 4.19. The molecule has 0 bridgehead atoms. The van der Waals surface area contributed by atoms with E-state index in [4.69, 9.17) is 15.2 Å². The Kier molecular flexibility index (Phi) is 4.67. The number of likely N-dealkylation sites (N-methyl/N-ethyl adjacent to an activating group) is 1. The quantitative estimate of drug-likeness (QED) is 0.867. The number of benzene rings is 1. The maximum absolute atomic E-state index is 6.33. The molecule has 0 unspecified atom stereocenters. The fourth-order valence-electron chi connectivity index (χ4n) is 3.75. The summed E-state index contributed by atoms with van der Waals surface area (Å²) in [4.78, 5) is 2.25. The summed E-state index contributed by atoms with van der Waals surface area (Å²) < 4.78 is 13.0. The summed E-state index contributed by atoms with van der Waals surface area (Å²) in [5.74, 6) is 1.70. The Morgan fingerprint density at radius 1 is 1.32 bits per heavy atom. The second-order valence-corrected chi connectivity index (χ2v) is 7.55. The van der Waals surface area contributed by atoms with Gasteiger partial charge in [-0.3, -0.25) is 4.90 Å². The fraction of sp³-hybridized carbons (Fsp3) is 0.647. The summed E-state index contributed by atoms with van der Waals surface area (Å²) in [6.07, 6.45) is 4.97. The molecular formula is C17H25BrN2O2. The van der Waals surface area contributed by atoms with Crippen molar-refractivity contribution in [1.82, 2.24) is 4.90 Å². The van der Waals surface area contributed by atoms with Crippen LogP contribution in [0.5, 0.6) is 11.5 Å². The number of hydrogen-bond donors (Lipinski definition) is 1. The zero-order valence-electron chi connectivity index (χ0n) is 13.4. The van der Waals surface area contributed by atoms with Crippen molar-refractivity contribution in [1.29, 1.82) is 0 Å². The van der Waals surface area contributed by atoms with Gasteiger partial charge in [0.05, 0.1) is 7.11 Å². The first-order valence-electron chi connectivity index (χ1n) is 8.01. The highest BCUT2D eigenvalue weighted by atomic mass is 79.9. The summed E-state index contributed by atoms with van der Waals surface area (Å²) in [6.45, 7) is 2.59. The predicted molar refractivity (Wildman–Crippen MR) is 91.8 cm³/mol. The summed E-state index contributed by atoms with van der Waals surface area (Å²) in [5.41, 5.74) is 7.44. The van der Waals surface area contributed by atoms with E-state index < -0.39 is 0 Å². The summed E-state index contributed by atoms with van der Waals surface area (Å²) >= 11 is 3.61. The number of halogens is 1. The van der Waals surface area contributed by atoms with E-state index in [1.54, 1.807) is 7.11 Å². The van der Waals surface area contributed by atoms with Gasteiger partial charge in [0.1, 0.15) is 6.10 Å². The first-order valence-corrected chi connectivity index (χ1v) is 8.80. The Balaban J connectivity index is 2.00. The van der Waals surface area contributed by atoms with Crippen LogP contribution in [0.1, 0.15) is 31.2 Å². The SMILES string of the molecule is COc1cc(Br)cc(C2(CN)CCCC2)c1OC1CN(C)C1. The van der Waals surface area contributed by atoms with Crippen LogP contribution < -0.4 is 15.2 Å². The van der Waals surface area contributed by atoms with Gasteiger partial charge in [0, 0.05) is 35.1 Å². The second kappa shape index (κ2) is 6.38. The Bertz CT molecular complexity index is 538. The molecule has 0 atom stereocenters. The van der Waals surface area contributed by atoms with Crippen molar-refractivity contribution in [3.63, 3.8) is 0 Å². The van der Waals surface area contributed by atoms with Gasteiger partial charge < -0.3 is 15.2 Å². The molecule has 2 aliphatic rings. The van der Waals surface area contributed by atoms with Crippen molar-refractivity contribution in [2.45, 2.75) is 37.2 Å². The Labute approximate surface area is 141 Å². The van der Waals surface area contributed by atoms with Crippen LogP contribution in [0.2, 0.25) is 0 Å². The van der Waals surface area contributed by atoms with Gasteiger partial charge in [-0.1, -0.05) is 28.8 Å². The van der Waals surface area contributed by atoms with E-state index >= 15 is 0 Å². The smallest absolute Gasteiger partial charge is 0.165 e. The summed E-state index contributed by atoms with van der Waals surface area (Å²) in [6, 6.07) is 4.17. The van der Waals surface area contributed by atoms with Crippen LogP contribution >= 0.6 is 15.9 Å². The maximum atomic E-state index is 6.33. The van der Waals surface area contributed by atoms with Crippen molar-refractivity contribution in [3.8, 4) is 11.5 Å². The minimum absolute atomic E-state index is 0.0298. The highest BCUT2D eigenvalue weighted by Crippen LogP contribution is 2.48. The molecule has 0 aromatic heterocycles. The number of hydrogen-bond acceptors (Lipinski definition) is 4. The van der Waals surface area contributed by atoms with Gasteiger partial charge >= 0.3 is 0 Å². The van der Waals surface area contributed by atoms with Crippen LogP contribution in [0.25, 0.3) is 0 Å². The van der Waals surface area contributed by atoms with E-state index in [1.807, 2.05) is 6.07 Å². The lowest BCUT2D eigenvalue weighted by atomic mass is 9.78. The molecule has 2 N–H and O–H groups in total. The zero-order chi connectivity index (χ0) is 15.7. The molecule has 0 amide bonds. The molecule has 4 nitrogen and oxygen atoms in total. The molecule has 0 radical (unpaired) electrons. The van der Waals surface area contributed by atoms with Gasteiger partial charge in [0.25, 0.3) is 0 Å². The van der Waals surface area contributed by atoms with E-state index in [1.165, 1.54) is 18.4 Å². The molecular weight excluding hydrogens is 344 g/mol. The molecule has 1 saturated carbocycles. The lowest BCUT2D eigenvalue weighted by molar-refractivity contribution is 0.0353. The minimum atomic E-state index is 0.0298. The Morgan fingerprint density at radius 3 is 2.55 bits per heavy atom. The van der Waals surface area contributed by atoms with Crippen LogP contribution in [-0.4, -0.2) is 44.8 Å².